The Morgan fingerprint density at radius 2 is 1.88 bits per heavy atom. The van der Waals surface area contributed by atoms with Crippen LogP contribution in [0.5, 0.6) is 0 Å². The third-order valence-electron chi connectivity index (χ3n) is 3.23. The number of non-ortho nitro benzene ring substituents is 1. The maximum absolute atomic E-state index is 12.3. The molecular weight excluding hydrogens is 368 g/mol. The number of carbonyl (C=O) groups is 3. The molecule has 1 N–H and O–H groups in total. The number of rotatable bonds is 9. The predicted molar refractivity (Wildman–Crippen MR) is 91.9 cm³/mol. The minimum atomic E-state index is -1.09. The number of carbonyl (C=O) groups excluding carboxylic acids is 3. The Bertz CT molecular complexity index is 693. The zero-order valence-corrected chi connectivity index (χ0v) is 15.1. The van der Waals surface area contributed by atoms with E-state index in [9.17, 15) is 24.5 Å². The summed E-state index contributed by atoms with van der Waals surface area (Å²) in [6, 6.07) is 2.26. The molecule has 1 rings (SSSR count). The van der Waals surface area contributed by atoms with E-state index in [0.717, 1.165) is 12.1 Å². The number of halogens is 1. The fourth-order valence-corrected chi connectivity index (χ4v) is 2.29. The monoisotopic (exact) mass is 386 g/mol. The van der Waals surface area contributed by atoms with E-state index in [2.05, 4.69) is 5.32 Å². The van der Waals surface area contributed by atoms with Gasteiger partial charge in [0.1, 0.15) is 6.04 Å². The molecule has 0 saturated carbocycles. The summed E-state index contributed by atoms with van der Waals surface area (Å²) >= 11 is 5.91. The zero-order chi connectivity index (χ0) is 19.7. The molecule has 0 bridgehead atoms. The molecule has 9 nitrogen and oxygen atoms in total. The van der Waals surface area contributed by atoms with E-state index in [1.807, 2.05) is 0 Å². The lowest BCUT2D eigenvalue weighted by Crippen LogP contribution is -2.42. The molecule has 0 aromatic heterocycles. The van der Waals surface area contributed by atoms with Crippen LogP contribution < -0.4 is 5.32 Å². The Balaban J connectivity index is 2.88. The Labute approximate surface area is 154 Å². The van der Waals surface area contributed by atoms with Gasteiger partial charge in [0, 0.05) is 18.6 Å². The van der Waals surface area contributed by atoms with Crippen molar-refractivity contribution in [2.24, 2.45) is 0 Å². The average molecular weight is 387 g/mol. The molecule has 0 radical (unpaired) electrons. The van der Waals surface area contributed by atoms with Gasteiger partial charge in [0.15, 0.2) is 0 Å². The van der Waals surface area contributed by atoms with Gasteiger partial charge in [-0.1, -0.05) is 11.6 Å². The first-order chi connectivity index (χ1) is 12.3. The van der Waals surface area contributed by atoms with Crippen LogP contribution in [0.25, 0.3) is 0 Å². The summed E-state index contributed by atoms with van der Waals surface area (Å²) in [6.45, 7) is 3.56. The number of nitro groups is 1. The van der Waals surface area contributed by atoms with E-state index in [4.69, 9.17) is 21.1 Å². The SMILES string of the molecule is CCOC(=O)CC[C@H](NC(=O)c1ccc([N+](=O)[O-])cc1Cl)C(=O)OCC. The number of nitrogens with zero attached hydrogens (tertiary/aromatic N) is 1. The van der Waals surface area contributed by atoms with E-state index in [1.165, 1.54) is 6.07 Å². The lowest BCUT2D eigenvalue weighted by Gasteiger charge is -2.17. The lowest BCUT2D eigenvalue weighted by atomic mass is 10.1. The Hall–Kier alpha value is -2.68. The van der Waals surface area contributed by atoms with Crippen molar-refractivity contribution in [3.63, 3.8) is 0 Å². The number of esters is 2. The number of nitro benzene ring substituents is 1. The van der Waals surface area contributed by atoms with Gasteiger partial charge in [0.2, 0.25) is 0 Å². The molecule has 1 aromatic rings. The number of benzene rings is 1. The van der Waals surface area contributed by atoms with Crippen LogP contribution in [-0.4, -0.2) is 42.0 Å². The van der Waals surface area contributed by atoms with Crippen LogP contribution in [0.15, 0.2) is 18.2 Å². The van der Waals surface area contributed by atoms with Crippen molar-refractivity contribution in [3.8, 4) is 0 Å². The number of amides is 1. The van der Waals surface area contributed by atoms with Gasteiger partial charge in [-0.05, 0) is 26.3 Å². The standard InChI is InChI=1S/C16H19ClN2O7/c1-3-25-14(20)8-7-13(16(22)26-4-2)18-15(21)11-6-5-10(19(23)24)9-12(11)17/h5-6,9,13H,3-4,7-8H2,1-2H3,(H,18,21)/t13-/m0/s1. The van der Waals surface area contributed by atoms with Gasteiger partial charge >= 0.3 is 11.9 Å². The average Bonchev–Trinajstić information content (AvgIpc) is 2.58. The molecule has 0 aliphatic carbocycles. The van der Waals surface area contributed by atoms with E-state index < -0.39 is 28.8 Å². The van der Waals surface area contributed by atoms with Crippen LogP contribution in [0.1, 0.15) is 37.0 Å². The Kier molecular flexibility index (Phi) is 8.50. The summed E-state index contributed by atoms with van der Waals surface area (Å²) in [7, 11) is 0. The molecule has 10 heteroatoms. The fourth-order valence-electron chi connectivity index (χ4n) is 2.02. The van der Waals surface area contributed by atoms with Crippen molar-refractivity contribution in [2.45, 2.75) is 32.7 Å². The van der Waals surface area contributed by atoms with Crippen LogP contribution in [0.4, 0.5) is 5.69 Å². The molecule has 0 aliphatic rings. The molecule has 0 unspecified atom stereocenters. The second kappa shape index (κ2) is 10.3. The quantitative estimate of drug-likeness (QED) is 0.392. The summed E-state index contributed by atoms with van der Waals surface area (Å²) in [4.78, 5) is 45.9. The molecule has 1 amide bonds. The van der Waals surface area contributed by atoms with Gasteiger partial charge in [-0.15, -0.1) is 0 Å². The molecule has 0 saturated heterocycles. The molecule has 0 heterocycles. The third-order valence-corrected chi connectivity index (χ3v) is 3.54. The second-order valence-corrected chi connectivity index (χ2v) is 5.45. The van der Waals surface area contributed by atoms with Crippen LogP contribution >= 0.6 is 11.6 Å². The summed E-state index contributed by atoms with van der Waals surface area (Å²) in [5.74, 6) is -1.93. The van der Waals surface area contributed by atoms with E-state index in [0.29, 0.717) is 0 Å². The fraction of sp³-hybridized carbons (Fsp3) is 0.438. The molecule has 0 aliphatic heterocycles. The van der Waals surface area contributed by atoms with Crippen LogP contribution in [-0.2, 0) is 19.1 Å². The highest BCUT2D eigenvalue weighted by atomic mass is 35.5. The van der Waals surface area contributed by atoms with Gasteiger partial charge < -0.3 is 14.8 Å². The van der Waals surface area contributed by atoms with Crippen molar-refractivity contribution in [3.05, 3.63) is 38.9 Å². The maximum Gasteiger partial charge on any atom is 0.328 e. The van der Waals surface area contributed by atoms with Gasteiger partial charge in [-0.3, -0.25) is 19.7 Å². The number of hydrogen-bond donors (Lipinski definition) is 1. The predicted octanol–water partition coefficient (Wildman–Crippen LogP) is 2.25. The lowest BCUT2D eigenvalue weighted by molar-refractivity contribution is -0.384. The smallest absolute Gasteiger partial charge is 0.328 e. The van der Waals surface area contributed by atoms with Crippen molar-refractivity contribution >= 4 is 35.1 Å². The van der Waals surface area contributed by atoms with Gasteiger partial charge in [0.05, 0.1) is 28.7 Å². The maximum atomic E-state index is 12.3. The number of nitrogens with one attached hydrogen (secondary N) is 1. The van der Waals surface area contributed by atoms with Crippen molar-refractivity contribution in [1.82, 2.24) is 5.32 Å². The molecule has 0 fully saturated rings. The Morgan fingerprint density at radius 3 is 2.42 bits per heavy atom. The number of hydrogen-bond acceptors (Lipinski definition) is 7. The first-order valence-electron chi connectivity index (χ1n) is 7.87. The first kappa shape index (κ1) is 21.4. The molecule has 0 spiro atoms. The van der Waals surface area contributed by atoms with Crippen molar-refractivity contribution in [1.29, 1.82) is 0 Å². The molecule has 1 atom stereocenters. The van der Waals surface area contributed by atoms with E-state index in [1.54, 1.807) is 13.8 Å². The second-order valence-electron chi connectivity index (χ2n) is 5.04. The molecule has 1 aromatic carbocycles. The summed E-state index contributed by atoms with van der Waals surface area (Å²) < 4.78 is 9.67. The highest BCUT2D eigenvalue weighted by molar-refractivity contribution is 6.34. The summed E-state index contributed by atoms with van der Waals surface area (Å²) in [5, 5.41) is 13.0. The summed E-state index contributed by atoms with van der Waals surface area (Å²) in [5.41, 5.74) is -0.307. The Morgan fingerprint density at radius 1 is 1.23 bits per heavy atom. The largest absolute Gasteiger partial charge is 0.466 e. The minimum absolute atomic E-state index is 0.0198. The minimum Gasteiger partial charge on any atom is -0.466 e. The van der Waals surface area contributed by atoms with E-state index >= 15 is 0 Å². The summed E-state index contributed by atoms with van der Waals surface area (Å²) in [6.07, 6.45) is -0.112. The van der Waals surface area contributed by atoms with Gasteiger partial charge in [-0.25, -0.2) is 4.79 Å². The van der Waals surface area contributed by atoms with Crippen LogP contribution in [0, 0.1) is 10.1 Å². The molecule has 26 heavy (non-hydrogen) atoms. The van der Waals surface area contributed by atoms with Gasteiger partial charge in [-0.2, -0.15) is 0 Å². The van der Waals surface area contributed by atoms with Crippen molar-refractivity contribution < 1.29 is 28.8 Å². The van der Waals surface area contributed by atoms with Crippen LogP contribution in [0.2, 0.25) is 5.02 Å². The van der Waals surface area contributed by atoms with Crippen molar-refractivity contribution in [2.75, 3.05) is 13.2 Å². The molecular formula is C16H19ClN2O7. The highest BCUT2D eigenvalue weighted by Crippen LogP contribution is 2.22. The van der Waals surface area contributed by atoms with Crippen LogP contribution in [0.3, 0.4) is 0 Å². The third kappa shape index (κ3) is 6.32. The number of ether oxygens (including phenoxy) is 2. The highest BCUT2D eigenvalue weighted by Gasteiger charge is 2.25. The first-order valence-corrected chi connectivity index (χ1v) is 8.25. The van der Waals surface area contributed by atoms with Gasteiger partial charge in [0.25, 0.3) is 11.6 Å². The normalized spacial score (nSPS) is 11.3. The zero-order valence-electron chi connectivity index (χ0n) is 14.3. The topological polar surface area (TPSA) is 125 Å². The van der Waals surface area contributed by atoms with E-state index in [-0.39, 0.29) is 42.3 Å². The molecule has 142 valence electrons.